The number of likely N-dealkylation sites (N-methyl/N-ethyl adjacent to an activating group) is 1. The quantitative estimate of drug-likeness (QED) is 0.260. The predicted molar refractivity (Wildman–Crippen MR) is 111 cm³/mol. The van der Waals surface area contributed by atoms with E-state index >= 15 is 0 Å². The Morgan fingerprint density at radius 1 is 1.24 bits per heavy atom. The summed E-state index contributed by atoms with van der Waals surface area (Å²) in [5.41, 5.74) is 0. The second-order valence-electron chi connectivity index (χ2n) is 6.59. The molecule has 0 aromatic heterocycles. The number of halogens is 1. The topological polar surface area (TPSA) is 58.6 Å². The summed E-state index contributed by atoms with van der Waals surface area (Å²) >= 11 is 0. The SMILES string of the molecule is CN=C(NCC1CN(C)CCO1)N1CCC(OCCCOC)CC1.I. The van der Waals surface area contributed by atoms with Gasteiger partial charge in [0.15, 0.2) is 5.96 Å². The molecular formula is C17H35IN4O3. The fourth-order valence-electron chi connectivity index (χ4n) is 3.22. The molecule has 1 unspecified atom stereocenters. The van der Waals surface area contributed by atoms with Crippen molar-refractivity contribution in [3.8, 4) is 0 Å². The molecule has 0 saturated carbocycles. The van der Waals surface area contributed by atoms with E-state index in [1.54, 1.807) is 7.11 Å². The average molecular weight is 470 g/mol. The van der Waals surface area contributed by atoms with Crippen LogP contribution < -0.4 is 5.32 Å². The Balaban J connectivity index is 0.00000312. The second-order valence-corrected chi connectivity index (χ2v) is 6.59. The van der Waals surface area contributed by atoms with Crippen LogP contribution in [0.3, 0.4) is 0 Å². The summed E-state index contributed by atoms with van der Waals surface area (Å²) in [4.78, 5) is 9.06. The molecule has 0 amide bonds. The highest BCUT2D eigenvalue weighted by Crippen LogP contribution is 2.14. The molecule has 2 rings (SSSR count). The fraction of sp³-hybridized carbons (Fsp3) is 0.941. The monoisotopic (exact) mass is 470 g/mol. The van der Waals surface area contributed by atoms with Crippen molar-refractivity contribution in [3.05, 3.63) is 0 Å². The molecule has 2 aliphatic rings. The normalized spacial score (nSPS) is 23.4. The van der Waals surface area contributed by atoms with Crippen LogP contribution in [0.1, 0.15) is 19.3 Å². The molecule has 7 nitrogen and oxygen atoms in total. The number of hydrogen-bond acceptors (Lipinski definition) is 5. The highest BCUT2D eigenvalue weighted by atomic mass is 127. The second kappa shape index (κ2) is 13.1. The average Bonchev–Trinajstić information content (AvgIpc) is 2.60. The number of ether oxygens (including phenoxy) is 3. The van der Waals surface area contributed by atoms with Crippen molar-refractivity contribution in [2.24, 2.45) is 4.99 Å². The van der Waals surface area contributed by atoms with E-state index < -0.39 is 0 Å². The first kappa shape index (κ1) is 22.9. The lowest BCUT2D eigenvalue weighted by atomic mass is 10.1. The predicted octanol–water partition coefficient (Wildman–Crippen LogP) is 1.03. The zero-order valence-corrected chi connectivity index (χ0v) is 18.2. The molecule has 2 fully saturated rings. The van der Waals surface area contributed by atoms with Gasteiger partial charge in [0.05, 0.1) is 18.8 Å². The summed E-state index contributed by atoms with van der Waals surface area (Å²) in [6.07, 6.45) is 3.68. The smallest absolute Gasteiger partial charge is 0.193 e. The summed E-state index contributed by atoms with van der Waals surface area (Å²) in [7, 11) is 5.72. The lowest BCUT2D eigenvalue weighted by molar-refractivity contribution is -0.0168. The molecule has 25 heavy (non-hydrogen) atoms. The molecule has 2 heterocycles. The summed E-state index contributed by atoms with van der Waals surface area (Å²) < 4.78 is 16.8. The van der Waals surface area contributed by atoms with Gasteiger partial charge in [-0.3, -0.25) is 4.99 Å². The number of nitrogens with one attached hydrogen (secondary N) is 1. The summed E-state index contributed by atoms with van der Waals surface area (Å²) in [6.45, 7) is 7.15. The van der Waals surface area contributed by atoms with Gasteiger partial charge in [-0.25, -0.2) is 0 Å². The van der Waals surface area contributed by atoms with E-state index in [-0.39, 0.29) is 30.1 Å². The molecule has 2 saturated heterocycles. The van der Waals surface area contributed by atoms with Crippen LogP contribution in [0.5, 0.6) is 0 Å². The Morgan fingerprint density at radius 2 is 2.00 bits per heavy atom. The van der Waals surface area contributed by atoms with Gasteiger partial charge in [0.1, 0.15) is 0 Å². The summed E-state index contributed by atoms with van der Waals surface area (Å²) in [5, 5.41) is 3.47. The molecule has 0 bridgehead atoms. The Bertz CT molecular complexity index is 379. The molecule has 0 aromatic carbocycles. The van der Waals surface area contributed by atoms with Gasteiger partial charge in [-0.1, -0.05) is 0 Å². The van der Waals surface area contributed by atoms with E-state index in [1.807, 2.05) is 7.05 Å². The zero-order valence-electron chi connectivity index (χ0n) is 15.9. The molecule has 2 aliphatic heterocycles. The number of rotatable bonds is 7. The Hall–Kier alpha value is -0.160. The minimum absolute atomic E-state index is 0. The van der Waals surface area contributed by atoms with Crippen molar-refractivity contribution >= 4 is 29.9 Å². The summed E-state index contributed by atoms with van der Waals surface area (Å²) in [5.74, 6) is 0.977. The number of hydrogen-bond donors (Lipinski definition) is 1. The first-order chi connectivity index (χ1) is 11.7. The van der Waals surface area contributed by atoms with Crippen molar-refractivity contribution < 1.29 is 14.2 Å². The van der Waals surface area contributed by atoms with Crippen molar-refractivity contribution in [1.82, 2.24) is 15.1 Å². The lowest BCUT2D eigenvalue weighted by Crippen LogP contribution is -2.51. The standard InChI is InChI=1S/C17H34N4O3.HI/c1-18-17(19-13-16-14-20(2)9-12-24-16)21-7-5-15(6-8-21)23-11-4-10-22-3;/h15-16H,4-14H2,1-3H3,(H,18,19);1H. The zero-order chi connectivity index (χ0) is 17.2. The molecule has 0 aromatic rings. The maximum atomic E-state index is 5.92. The molecule has 0 aliphatic carbocycles. The van der Waals surface area contributed by atoms with Crippen LogP contribution in [0.15, 0.2) is 4.99 Å². The third-order valence-electron chi connectivity index (χ3n) is 4.63. The number of morpholine rings is 1. The molecule has 1 atom stereocenters. The molecule has 1 N–H and O–H groups in total. The van der Waals surface area contributed by atoms with E-state index in [1.165, 1.54) is 0 Å². The van der Waals surface area contributed by atoms with Crippen molar-refractivity contribution in [3.63, 3.8) is 0 Å². The van der Waals surface area contributed by atoms with Gasteiger partial charge in [0.2, 0.25) is 0 Å². The Kier molecular flexibility index (Phi) is 12.0. The van der Waals surface area contributed by atoms with Crippen LogP contribution in [-0.2, 0) is 14.2 Å². The van der Waals surface area contributed by atoms with Crippen molar-refractivity contribution in [2.75, 3.05) is 73.7 Å². The molecular weight excluding hydrogens is 435 g/mol. The van der Waals surface area contributed by atoms with Crippen LogP contribution in [-0.4, -0.2) is 102 Å². The maximum absolute atomic E-state index is 5.92. The van der Waals surface area contributed by atoms with Crippen LogP contribution in [0, 0.1) is 0 Å². The van der Waals surface area contributed by atoms with Gasteiger partial charge in [0.25, 0.3) is 0 Å². The number of likely N-dealkylation sites (tertiary alicyclic amines) is 1. The van der Waals surface area contributed by atoms with Gasteiger partial charge < -0.3 is 29.3 Å². The van der Waals surface area contributed by atoms with Gasteiger partial charge in [-0.05, 0) is 26.3 Å². The van der Waals surface area contributed by atoms with E-state index in [0.717, 1.165) is 77.8 Å². The molecule has 148 valence electrons. The molecule has 0 radical (unpaired) electrons. The van der Waals surface area contributed by atoms with Crippen LogP contribution in [0.25, 0.3) is 0 Å². The lowest BCUT2D eigenvalue weighted by Gasteiger charge is -2.35. The van der Waals surface area contributed by atoms with Gasteiger partial charge >= 0.3 is 0 Å². The van der Waals surface area contributed by atoms with Crippen molar-refractivity contribution in [1.29, 1.82) is 0 Å². The Morgan fingerprint density at radius 3 is 2.64 bits per heavy atom. The van der Waals surface area contributed by atoms with E-state index in [0.29, 0.717) is 6.10 Å². The van der Waals surface area contributed by atoms with Gasteiger partial charge in [-0.2, -0.15) is 0 Å². The maximum Gasteiger partial charge on any atom is 0.193 e. The first-order valence-electron chi connectivity index (χ1n) is 9.09. The van der Waals surface area contributed by atoms with Gasteiger partial charge in [-0.15, -0.1) is 24.0 Å². The number of guanidine groups is 1. The minimum atomic E-state index is 0. The highest BCUT2D eigenvalue weighted by molar-refractivity contribution is 14.0. The molecule has 8 heteroatoms. The Labute approximate surface area is 169 Å². The van der Waals surface area contributed by atoms with E-state index in [9.17, 15) is 0 Å². The van der Waals surface area contributed by atoms with Crippen LogP contribution in [0.2, 0.25) is 0 Å². The van der Waals surface area contributed by atoms with E-state index in [4.69, 9.17) is 14.2 Å². The van der Waals surface area contributed by atoms with Crippen LogP contribution in [0.4, 0.5) is 0 Å². The van der Waals surface area contributed by atoms with Crippen molar-refractivity contribution in [2.45, 2.75) is 31.5 Å². The highest BCUT2D eigenvalue weighted by Gasteiger charge is 2.23. The minimum Gasteiger partial charge on any atom is -0.385 e. The molecule has 0 spiro atoms. The third-order valence-corrected chi connectivity index (χ3v) is 4.63. The van der Waals surface area contributed by atoms with Crippen LogP contribution >= 0.6 is 24.0 Å². The number of piperidine rings is 1. The van der Waals surface area contributed by atoms with E-state index in [2.05, 4.69) is 27.2 Å². The fourth-order valence-corrected chi connectivity index (χ4v) is 3.22. The van der Waals surface area contributed by atoms with Gasteiger partial charge in [0, 0.05) is 60.1 Å². The number of methoxy groups -OCH3 is 1. The first-order valence-corrected chi connectivity index (χ1v) is 9.09. The summed E-state index contributed by atoms with van der Waals surface area (Å²) in [6, 6.07) is 0. The number of nitrogens with zero attached hydrogens (tertiary/aromatic N) is 3. The number of aliphatic imine (C=N–C) groups is 1. The third kappa shape index (κ3) is 8.38. The largest absolute Gasteiger partial charge is 0.385 e.